The Labute approximate surface area is 144 Å². The fourth-order valence-electron chi connectivity index (χ4n) is 3.19. The highest BCUT2D eigenvalue weighted by Gasteiger charge is 2.15. The summed E-state index contributed by atoms with van der Waals surface area (Å²) >= 11 is 0. The largest absolute Gasteiger partial charge is 0.356 e. The van der Waals surface area contributed by atoms with Crippen molar-refractivity contribution in [1.29, 1.82) is 0 Å². The van der Waals surface area contributed by atoms with E-state index in [2.05, 4.69) is 45.6 Å². The molecule has 0 unspecified atom stereocenters. The van der Waals surface area contributed by atoms with Crippen molar-refractivity contribution in [1.82, 2.24) is 20.0 Å². The van der Waals surface area contributed by atoms with Crippen LogP contribution in [-0.2, 0) is 6.42 Å². The van der Waals surface area contributed by atoms with Crippen LogP contribution in [0.3, 0.4) is 0 Å². The van der Waals surface area contributed by atoms with Gasteiger partial charge in [-0.25, -0.2) is 4.68 Å². The van der Waals surface area contributed by atoms with Gasteiger partial charge in [-0.2, -0.15) is 5.10 Å². The lowest BCUT2D eigenvalue weighted by molar-refractivity contribution is 0.492. The number of aryl methyl sites for hydroxylation is 2. The van der Waals surface area contributed by atoms with E-state index in [4.69, 9.17) is 0 Å². The molecule has 128 valence electrons. The Hall–Kier alpha value is -2.30. The molecule has 24 heavy (non-hydrogen) atoms. The molecule has 3 rings (SSSR count). The van der Waals surface area contributed by atoms with Crippen LogP contribution in [0, 0.1) is 6.92 Å². The lowest BCUT2D eigenvalue weighted by Crippen LogP contribution is -2.40. The molecule has 5 nitrogen and oxygen atoms in total. The van der Waals surface area contributed by atoms with Gasteiger partial charge in [0.1, 0.15) is 0 Å². The van der Waals surface area contributed by atoms with E-state index in [1.807, 2.05) is 29.9 Å². The molecule has 0 spiro atoms. The molecular formula is C19H27N5. The lowest BCUT2D eigenvalue weighted by atomic mass is 10.1. The maximum Gasteiger partial charge on any atom is 0.193 e. The number of aliphatic imine (C=N–C) groups is 1. The predicted octanol–water partition coefficient (Wildman–Crippen LogP) is 2.78. The van der Waals surface area contributed by atoms with Crippen LogP contribution in [0.1, 0.15) is 30.5 Å². The summed E-state index contributed by atoms with van der Waals surface area (Å²) in [6.07, 6.45) is 6.81. The summed E-state index contributed by atoms with van der Waals surface area (Å²) in [7, 11) is 1.87. The quantitative estimate of drug-likeness (QED) is 0.522. The zero-order chi connectivity index (χ0) is 16.8. The van der Waals surface area contributed by atoms with Crippen molar-refractivity contribution >= 4 is 5.96 Å². The Morgan fingerprint density at radius 2 is 1.96 bits per heavy atom. The normalized spacial score (nSPS) is 15.1. The Morgan fingerprint density at radius 3 is 2.67 bits per heavy atom. The van der Waals surface area contributed by atoms with Crippen LogP contribution in [0.5, 0.6) is 0 Å². The molecule has 1 aromatic carbocycles. The highest BCUT2D eigenvalue weighted by atomic mass is 15.3. The third kappa shape index (κ3) is 3.96. The Morgan fingerprint density at radius 1 is 1.21 bits per heavy atom. The summed E-state index contributed by atoms with van der Waals surface area (Å²) in [6, 6.07) is 10.3. The fourth-order valence-corrected chi connectivity index (χ4v) is 3.19. The minimum Gasteiger partial charge on any atom is -0.356 e. The first kappa shape index (κ1) is 16.6. The van der Waals surface area contributed by atoms with E-state index in [9.17, 15) is 0 Å². The van der Waals surface area contributed by atoms with Gasteiger partial charge < -0.3 is 10.2 Å². The molecule has 0 saturated carbocycles. The number of nitrogens with one attached hydrogen (secondary N) is 1. The van der Waals surface area contributed by atoms with Crippen molar-refractivity contribution in [3.63, 3.8) is 0 Å². The van der Waals surface area contributed by atoms with Crippen molar-refractivity contribution in [2.75, 3.05) is 26.7 Å². The number of nitrogens with zero attached hydrogens (tertiary/aromatic N) is 4. The zero-order valence-corrected chi connectivity index (χ0v) is 14.7. The molecule has 0 atom stereocenters. The second-order valence-corrected chi connectivity index (χ2v) is 6.29. The van der Waals surface area contributed by atoms with Crippen LogP contribution >= 0.6 is 0 Å². The van der Waals surface area contributed by atoms with Gasteiger partial charge in [0.2, 0.25) is 0 Å². The molecule has 1 fully saturated rings. The molecule has 0 radical (unpaired) electrons. The Bertz CT molecular complexity index is 668. The van der Waals surface area contributed by atoms with Gasteiger partial charge in [0.15, 0.2) is 5.96 Å². The molecule has 1 saturated heterocycles. The number of aromatic nitrogens is 2. The molecule has 1 aromatic heterocycles. The molecule has 0 amide bonds. The molecule has 1 aliphatic rings. The van der Waals surface area contributed by atoms with Gasteiger partial charge in [0.25, 0.3) is 0 Å². The average Bonchev–Trinajstić information content (AvgIpc) is 3.26. The van der Waals surface area contributed by atoms with Crippen LogP contribution in [0.4, 0.5) is 0 Å². The summed E-state index contributed by atoms with van der Waals surface area (Å²) in [5.41, 5.74) is 3.54. The van der Waals surface area contributed by atoms with Gasteiger partial charge in [-0.15, -0.1) is 0 Å². The van der Waals surface area contributed by atoms with E-state index in [0.29, 0.717) is 0 Å². The minimum absolute atomic E-state index is 0.944. The third-order valence-corrected chi connectivity index (χ3v) is 4.54. The molecule has 5 heteroatoms. The second kappa shape index (κ2) is 7.99. The topological polar surface area (TPSA) is 45.5 Å². The molecule has 2 heterocycles. The number of rotatable bonds is 5. The number of guanidine groups is 1. The number of hydrogen-bond acceptors (Lipinski definition) is 2. The fraction of sp³-hybridized carbons (Fsp3) is 0.474. The van der Waals surface area contributed by atoms with E-state index in [1.54, 1.807) is 0 Å². The van der Waals surface area contributed by atoms with Crippen LogP contribution in [0.25, 0.3) is 5.69 Å². The third-order valence-electron chi connectivity index (χ3n) is 4.54. The van der Waals surface area contributed by atoms with Crippen molar-refractivity contribution in [3.8, 4) is 5.69 Å². The number of hydrogen-bond donors (Lipinski definition) is 1. The van der Waals surface area contributed by atoms with E-state index in [0.717, 1.165) is 49.8 Å². The van der Waals surface area contributed by atoms with E-state index in [1.165, 1.54) is 18.4 Å². The second-order valence-electron chi connectivity index (χ2n) is 6.29. The molecular weight excluding hydrogens is 298 g/mol. The van der Waals surface area contributed by atoms with Crippen LogP contribution in [0.15, 0.2) is 41.5 Å². The van der Waals surface area contributed by atoms with Gasteiger partial charge in [-0.05, 0) is 50.3 Å². The summed E-state index contributed by atoms with van der Waals surface area (Å²) in [5.74, 6) is 1.05. The summed E-state index contributed by atoms with van der Waals surface area (Å²) in [5, 5.41) is 8.13. The number of benzene rings is 1. The SMILES string of the molecule is CN=C(NCCCc1cn(-c2ccccc2)nc1C)N1CCCC1. The van der Waals surface area contributed by atoms with Crippen molar-refractivity contribution in [2.45, 2.75) is 32.6 Å². The lowest BCUT2D eigenvalue weighted by Gasteiger charge is -2.20. The first-order valence-corrected chi connectivity index (χ1v) is 8.84. The summed E-state index contributed by atoms with van der Waals surface area (Å²) < 4.78 is 1.97. The maximum absolute atomic E-state index is 4.64. The Kier molecular flexibility index (Phi) is 5.51. The number of para-hydroxylation sites is 1. The molecule has 1 aliphatic heterocycles. The Balaban J connectivity index is 1.51. The molecule has 0 bridgehead atoms. The smallest absolute Gasteiger partial charge is 0.193 e. The van der Waals surface area contributed by atoms with E-state index in [-0.39, 0.29) is 0 Å². The standard InChI is InChI=1S/C19H27N5/c1-16-17(15-24(22-16)18-10-4-3-5-11-18)9-8-12-21-19(20-2)23-13-6-7-14-23/h3-5,10-11,15H,6-9,12-14H2,1-2H3,(H,20,21). The van der Waals surface area contributed by atoms with Crippen LogP contribution < -0.4 is 5.32 Å². The first-order chi connectivity index (χ1) is 11.8. The minimum atomic E-state index is 0.944. The zero-order valence-electron chi connectivity index (χ0n) is 14.7. The number of likely N-dealkylation sites (tertiary alicyclic amines) is 1. The van der Waals surface area contributed by atoms with E-state index >= 15 is 0 Å². The van der Waals surface area contributed by atoms with Crippen molar-refractivity contribution < 1.29 is 0 Å². The highest BCUT2D eigenvalue weighted by Crippen LogP contribution is 2.13. The van der Waals surface area contributed by atoms with Gasteiger partial charge in [0, 0.05) is 32.9 Å². The van der Waals surface area contributed by atoms with Gasteiger partial charge >= 0.3 is 0 Å². The first-order valence-electron chi connectivity index (χ1n) is 8.84. The average molecular weight is 325 g/mol. The molecule has 1 N–H and O–H groups in total. The van der Waals surface area contributed by atoms with Crippen molar-refractivity contribution in [3.05, 3.63) is 47.8 Å². The van der Waals surface area contributed by atoms with Crippen LogP contribution in [-0.4, -0.2) is 47.3 Å². The van der Waals surface area contributed by atoms with E-state index < -0.39 is 0 Å². The van der Waals surface area contributed by atoms with Gasteiger partial charge in [-0.1, -0.05) is 18.2 Å². The summed E-state index contributed by atoms with van der Waals surface area (Å²) in [4.78, 5) is 6.74. The van der Waals surface area contributed by atoms with Gasteiger partial charge in [0.05, 0.1) is 11.4 Å². The molecule has 0 aliphatic carbocycles. The molecule has 2 aromatic rings. The maximum atomic E-state index is 4.64. The monoisotopic (exact) mass is 325 g/mol. The summed E-state index contributed by atoms with van der Waals surface area (Å²) in [6.45, 7) is 5.29. The van der Waals surface area contributed by atoms with Crippen LogP contribution in [0.2, 0.25) is 0 Å². The highest BCUT2D eigenvalue weighted by molar-refractivity contribution is 5.80. The predicted molar refractivity (Wildman–Crippen MR) is 98.8 cm³/mol. The van der Waals surface area contributed by atoms with Crippen molar-refractivity contribution in [2.24, 2.45) is 4.99 Å². The van der Waals surface area contributed by atoms with Gasteiger partial charge in [-0.3, -0.25) is 4.99 Å².